The molecule has 0 spiro atoms. The maximum absolute atomic E-state index is 11.9. The molecule has 0 aliphatic carbocycles. The first-order valence-corrected chi connectivity index (χ1v) is 6.55. The minimum atomic E-state index is -0.276. The molecular weight excluding hydrogens is 268 g/mol. The number of nitrogens with one attached hydrogen (secondary N) is 1. The summed E-state index contributed by atoms with van der Waals surface area (Å²) >= 11 is 0. The van der Waals surface area contributed by atoms with Gasteiger partial charge in [0.05, 0.1) is 24.7 Å². The SMILES string of the molecule is Cc1cc(NC(=O)/C=C/c2ccc(C)o2)n(CCC#N)n1. The third-order valence-corrected chi connectivity index (χ3v) is 2.75. The van der Waals surface area contributed by atoms with E-state index in [0.717, 1.165) is 11.5 Å². The lowest BCUT2D eigenvalue weighted by molar-refractivity contribution is -0.111. The Morgan fingerprint density at radius 3 is 3.00 bits per heavy atom. The van der Waals surface area contributed by atoms with E-state index in [4.69, 9.17) is 9.68 Å². The zero-order valence-electron chi connectivity index (χ0n) is 12.0. The maximum Gasteiger partial charge on any atom is 0.249 e. The summed E-state index contributed by atoms with van der Waals surface area (Å²) in [5.74, 6) is 1.72. The number of anilines is 1. The van der Waals surface area contributed by atoms with Crippen LogP contribution in [-0.2, 0) is 11.3 Å². The molecule has 0 fully saturated rings. The van der Waals surface area contributed by atoms with Gasteiger partial charge in [-0.1, -0.05) is 0 Å². The fraction of sp³-hybridized carbons (Fsp3) is 0.267. The lowest BCUT2D eigenvalue weighted by Gasteiger charge is -2.04. The number of hydrogen-bond donors (Lipinski definition) is 1. The summed E-state index contributed by atoms with van der Waals surface area (Å²) in [6.07, 6.45) is 3.34. The summed E-state index contributed by atoms with van der Waals surface area (Å²) in [6.45, 7) is 4.12. The lowest BCUT2D eigenvalue weighted by atomic mass is 10.3. The molecule has 6 nitrogen and oxygen atoms in total. The standard InChI is InChI=1S/C15H16N4O2/c1-11-10-14(19(18-11)9-3-8-16)17-15(20)7-6-13-5-4-12(2)21-13/h4-7,10H,3,9H2,1-2H3,(H,17,20)/b7-6+. The molecule has 0 atom stereocenters. The van der Waals surface area contributed by atoms with Crippen molar-refractivity contribution in [2.24, 2.45) is 0 Å². The molecule has 0 saturated carbocycles. The summed E-state index contributed by atoms with van der Waals surface area (Å²) in [5.41, 5.74) is 0.786. The van der Waals surface area contributed by atoms with Gasteiger partial charge in [0, 0.05) is 12.1 Å². The van der Waals surface area contributed by atoms with Gasteiger partial charge in [-0.25, -0.2) is 4.68 Å². The van der Waals surface area contributed by atoms with Gasteiger partial charge in [0.2, 0.25) is 5.91 Å². The summed E-state index contributed by atoms with van der Waals surface area (Å²) in [4.78, 5) is 11.9. The van der Waals surface area contributed by atoms with Crippen molar-refractivity contribution in [3.8, 4) is 6.07 Å². The maximum atomic E-state index is 11.9. The van der Waals surface area contributed by atoms with Crippen molar-refractivity contribution < 1.29 is 9.21 Å². The fourth-order valence-corrected chi connectivity index (χ4v) is 1.84. The van der Waals surface area contributed by atoms with E-state index >= 15 is 0 Å². The van der Waals surface area contributed by atoms with E-state index < -0.39 is 0 Å². The molecule has 21 heavy (non-hydrogen) atoms. The molecule has 0 saturated heterocycles. The Hall–Kier alpha value is -2.81. The Kier molecular flexibility index (Phi) is 4.57. The van der Waals surface area contributed by atoms with Crippen molar-refractivity contribution in [3.05, 3.63) is 41.5 Å². The van der Waals surface area contributed by atoms with Gasteiger partial charge in [-0.2, -0.15) is 10.4 Å². The molecule has 2 rings (SSSR count). The number of aromatic nitrogens is 2. The number of carbonyl (C=O) groups is 1. The van der Waals surface area contributed by atoms with Crippen LogP contribution in [0.2, 0.25) is 0 Å². The van der Waals surface area contributed by atoms with Crippen LogP contribution in [0.25, 0.3) is 6.08 Å². The van der Waals surface area contributed by atoms with Gasteiger partial charge in [0.1, 0.15) is 17.3 Å². The van der Waals surface area contributed by atoms with E-state index in [1.807, 2.05) is 19.9 Å². The molecule has 2 aromatic rings. The number of nitrogens with zero attached hydrogens (tertiary/aromatic N) is 3. The fourth-order valence-electron chi connectivity index (χ4n) is 1.84. The van der Waals surface area contributed by atoms with Gasteiger partial charge in [-0.3, -0.25) is 4.79 Å². The number of nitriles is 1. The Balaban J connectivity index is 2.02. The highest BCUT2D eigenvalue weighted by Crippen LogP contribution is 2.12. The zero-order chi connectivity index (χ0) is 15.2. The minimum absolute atomic E-state index is 0.276. The molecule has 0 bridgehead atoms. The number of furan rings is 1. The van der Waals surface area contributed by atoms with Crippen LogP contribution in [0.3, 0.4) is 0 Å². The van der Waals surface area contributed by atoms with Gasteiger partial charge in [0.15, 0.2) is 0 Å². The predicted octanol–water partition coefficient (Wildman–Crippen LogP) is 2.66. The first-order chi connectivity index (χ1) is 10.1. The van der Waals surface area contributed by atoms with Crippen molar-refractivity contribution >= 4 is 17.8 Å². The Morgan fingerprint density at radius 2 is 2.33 bits per heavy atom. The molecule has 0 radical (unpaired) electrons. The number of carbonyl (C=O) groups excluding carboxylic acids is 1. The average molecular weight is 284 g/mol. The molecule has 0 aliphatic rings. The highest BCUT2D eigenvalue weighted by molar-refractivity contribution is 6.01. The van der Waals surface area contributed by atoms with Crippen LogP contribution in [0.15, 0.2) is 28.7 Å². The van der Waals surface area contributed by atoms with E-state index in [0.29, 0.717) is 24.5 Å². The van der Waals surface area contributed by atoms with Crippen LogP contribution in [0.4, 0.5) is 5.82 Å². The Labute approximate surface area is 122 Å². The lowest BCUT2D eigenvalue weighted by Crippen LogP contribution is -2.13. The van der Waals surface area contributed by atoms with Crippen molar-refractivity contribution in [3.63, 3.8) is 0 Å². The average Bonchev–Trinajstić information content (AvgIpc) is 3.00. The summed E-state index contributed by atoms with van der Waals surface area (Å²) in [6, 6.07) is 7.44. The van der Waals surface area contributed by atoms with Gasteiger partial charge >= 0.3 is 0 Å². The molecule has 2 heterocycles. The van der Waals surface area contributed by atoms with Crippen LogP contribution in [0.5, 0.6) is 0 Å². The van der Waals surface area contributed by atoms with E-state index in [-0.39, 0.29) is 5.91 Å². The topological polar surface area (TPSA) is 83.9 Å². The highest BCUT2D eigenvalue weighted by Gasteiger charge is 2.07. The number of rotatable bonds is 5. The second kappa shape index (κ2) is 6.57. The second-order valence-corrected chi connectivity index (χ2v) is 4.57. The highest BCUT2D eigenvalue weighted by atomic mass is 16.3. The second-order valence-electron chi connectivity index (χ2n) is 4.57. The molecule has 2 aromatic heterocycles. The molecule has 1 N–H and O–H groups in total. The molecule has 1 amide bonds. The summed E-state index contributed by atoms with van der Waals surface area (Å²) in [5, 5.41) is 15.6. The summed E-state index contributed by atoms with van der Waals surface area (Å²) in [7, 11) is 0. The Morgan fingerprint density at radius 1 is 1.52 bits per heavy atom. The van der Waals surface area contributed by atoms with Crippen LogP contribution < -0.4 is 5.32 Å². The largest absolute Gasteiger partial charge is 0.462 e. The molecule has 6 heteroatoms. The van der Waals surface area contributed by atoms with E-state index in [2.05, 4.69) is 16.5 Å². The third kappa shape index (κ3) is 4.08. The first kappa shape index (κ1) is 14.6. The Bertz CT molecular complexity index is 704. The monoisotopic (exact) mass is 284 g/mol. The van der Waals surface area contributed by atoms with Gasteiger partial charge in [-0.15, -0.1) is 0 Å². The van der Waals surface area contributed by atoms with Gasteiger partial charge in [0.25, 0.3) is 0 Å². The van der Waals surface area contributed by atoms with E-state index in [9.17, 15) is 4.79 Å². The molecule has 0 unspecified atom stereocenters. The third-order valence-electron chi connectivity index (χ3n) is 2.75. The molecule has 0 aliphatic heterocycles. The van der Waals surface area contributed by atoms with E-state index in [1.165, 1.54) is 6.08 Å². The smallest absolute Gasteiger partial charge is 0.249 e. The number of hydrogen-bond acceptors (Lipinski definition) is 4. The molecular formula is C15H16N4O2. The van der Waals surface area contributed by atoms with Crippen molar-refractivity contribution in [2.45, 2.75) is 26.8 Å². The number of aryl methyl sites for hydroxylation is 3. The van der Waals surface area contributed by atoms with Crippen LogP contribution >= 0.6 is 0 Å². The van der Waals surface area contributed by atoms with Gasteiger partial charge < -0.3 is 9.73 Å². The molecule has 108 valence electrons. The zero-order valence-corrected chi connectivity index (χ0v) is 12.0. The molecule has 0 aromatic carbocycles. The minimum Gasteiger partial charge on any atom is -0.462 e. The van der Waals surface area contributed by atoms with Crippen LogP contribution in [0, 0.1) is 25.2 Å². The van der Waals surface area contributed by atoms with Crippen molar-refractivity contribution in [2.75, 3.05) is 5.32 Å². The van der Waals surface area contributed by atoms with E-state index in [1.54, 1.807) is 22.9 Å². The van der Waals surface area contributed by atoms with Crippen LogP contribution in [0.1, 0.15) is 23.6 Å². The predicted molar refractivity (Wildman–Crippen MR) is 78.3 cm³/mol. The van der Waals surface area contributed by atoms with Crippen LogP contribution in [-0.4, -0.2) is 15.7 Å². The quantitative estimate of drug-likeness (QED) is 0.855. The normalized spacial score (nSPS) is 10.7. The number of amides is 1. The van der Waals surface area contributed by atoms with Crippen molar-refractivity contribution in [1.29, 1.82) is 5.26 Å². The summed E-state index contributed by atoms with van der Waals surface area (Å²) < 4.78 is 6.96. The van der Waals surface area contributed by atoms with Gasteiger partial charge in [-0.05, 0) is 32.1 Å². The van der Waals surface area contributed by atoms with Crippen molar-refractivity contribution in [1.82, 2.24) is 9.78 Å². The first-order valence-electron chi connectivity index (χ1n) is 6.55.